The highest BCUT2D eigenvalue weighted by atomic mass is 127. The van der Waals surface area contributed by atoms with E-state index in [0.29, 0.717) is 32.2 Å². The van der Waals surface area contributed by atoms with Gasteiger partial charge in [0.25, 0.3) is 5.91 Å². The number of ether oxygens (including phenoxy) is 1. The van der Waals surface area contributed by atoms with Crippen LogP contribution in [-0.2, 0) is 0 Å². The van der Waals surface area contributed by atoms with E-state index < -0.39 is 0 Å². The Labute approximate surface area is 149 Å². The van der Waals surface area contributed by atoms with E-state index in [1.54, 1.807) is 24.3 Å². The smallest absolute Gasteiger partial charge is 0.257 e. The van der Waals surface area contributed by atoms with Gasteiger partial charge in [-0.25, -0.2) is 0 Å². The first kappa shape index (κ1) is 16.4. The molecule has 0 saturated heterocycles. The van der Waals surface area contributed by atoms with E-state index in [9.17, 15) is 4.79 Å². The molecule has 0 saturated carbocycles. The van der Waals surface area contributed by atoms with Gasteiger partial charge in [0.1, 0.15) is 5.75 Å². The van der Waals surface area contributed by atoms with Crippen LogP contribution in [0.3, 0.4) is 0 Å². The second-order valence-electron chi connectivity index (χ2n) is 4.16. The minimum Gasteiger partial charge on any atom is -0.494 e. The number of rotatable bonds is 3. The summed E-state index contributed by atoms with van der Waals surface area (Å²) in [7, 11) is 1.51. The SMILES string of the molecule is COc1cc(N)cc(Br)c1NC(=O)c1cc(I)ccc1Cl. The van der Waals surface area contributed by atoms with Crippen molar-refractivity contribution in [1.82, 2.24) is 0 Å². The molecule has 0 spiro atoms. The quantitative estimate of drug-likeness (QED) is 0.500. The zero-order valence-corrected chi connectivity index (χ0v) is 15.4. The summed E-state index contributed by atoms with van der Waals surface area (Å²) in [6, 6.07) is 8.56. The number of hydrogen-bond donors (Lipinski definition) is 2. The maximum absolute atomic E-state index is 12.4. The highest BCUT2D eigenvalue weighted by Crippen LogP contribution is 2.35. The molecule has 2 aromatic rings. The van der Waals surface area contributed by atoms with Crippen LogP contribution in [0, 0.1) is 3.57 Å². The Bertz CT molecular complexity index is 710. The normalized spacial score (nSPS) is 10.3. The number of anilines is 2. The molecule has 2 rings (SSSR count). The first-order chi connectivity index (χ1) is 9.92. The summed E-state index contributed by atoms with van der Waals surface area (Å²) in [5.74, 6) is 0.152. The van der Waals surface area contributed by atoms with Crippen molar-refractivity contribution in [3.63, 3.8) is 0 Å². The lowest BCUT2D eigenvalue weighted by atomic mass is 10.2. The highest BCUT2D eigenvalue weighted by Gasteiger charge is 2.16. The number of halogens is 3. The molecule has 0 unspecified atom stereocenters. The van der Waals surface area contributed by atoms with E-state index in [1.165, 1.54) is 7.11 Å². The van der Waals surface area contributed by atoms with Gasteiger partial charge in [-0.15, -0.1) is 0 Å². The van der Waals surface area contributed by atoms with E-state index in [4.69, 9.17) is 22.1 Å². The van der Waals surface area contributed by atoms with Gasteiger partial charge in [0.15, 0.2) is 0 Å². The first-order valence-corrected chi connectivity index (χ1v) is 8.06. The van der Waals surface area contributed by atoms with Crippen LogP contribution in [0.5, 0.6) is 5.75 Å². The van der Waals surface area contributed by atoms with Crippen molar-refractivity contribution in [3.05, 3.63) is 49.0 Å². The van der Waals surface area contributed by atoms with Gasteiger partial charge in [-0.1, -0.05) is 11.6 Å². The average Bonchev–Trinajstić information content (AvgIpc) is 2.43. The van der Waals surface area contributed by atoms with E-state index in [1.807, 2.05) is 6.07 Å². The molecule has 2 aromatic carbocycles. The van der Waals surface area contributed by atoms with Crippen molar-refractivity contribution >= 4 is 67.4 Å². The molecule has 1 amide bonds. The summed E-state index contributed by atoms with van der Waals surface area (Å²) in [5, 5.41) is 3.17. The number of benzene rings is 2. The predicted molar refractivity (Wildman–Crippen MR) is 97.2 cm³/mol. The number of nitrogen functional groups attached to an aromatic ring is 1. The topological polar surface area (TPSA) is 64.3 Å². The lowest BCUT2D eigenvalue weighted by Gasteiger charge is -2.13. The van der Waals surface area contributed by atoms with Crippen LogP contribution in [0.1, 0.15) is 10.4 Å². The summed E-state index contributed by atoms with van der Waals surface area (Å²) in [6.45, 7) is 0. The predicted octanol–water partition coefficient (Wildman–Crippen LogP) is 4.55. The molecule has 21 heavy (non-hydrogen) atoms. The molecule has 110 valence electrons. The summed E-state index contributed by atoms with van der Waals surface area (Å²) in [4.78, 5) is 12.4. The van der Waals surface area contributed by atoms with E-state index in [2.05, 4.69) is 43.8 Å². The Hall–Kier alpha value is -0.990. The van der Waals surface area contributed by atoms with E-state index in [0.717, 1.165) is 3.57 Å². The lowest BCUT2D eigenvalue weighted by Crippen LogP contribution is -2.14. The number of hydrogen-bond acceptors (Lipinski definition) is 3. The zero-order valence-electron chi connectivity index (χ0n) is 10.9. The molecule has 0 aromatic heterocycles. The fourth-order valence-corrected chi connectivity index (χ4v) is 2.99. The third-order valence-corrected chi connectivity index (χ3v) is 4.33. The van der Waals surface area contributed by atoms with Gasteiger partial charge in [-0.3, -0.25) is 4.79 Å². The van der Waals surface area contributed by atoms with Crippen LogP contribution in [0.4, 0.5) is 11.4 Å². The Kier molecular flexibility index (Phi) is 5.34. The molecule has 7 heteroatoms. The van der Waals surface area contributed by atoms with E-state index >= 15 is 0 Å². The number of nitrogens with one attached hydrogen (secondary N) is 1. The van der Waals surface area contributed by atoms with Gasteiger partial charge in [0.2, 0.25) is 0 Å². The van der Waals surface area contributed by atoms with Crippen molar-refractivity contribution in [2.24, 2.45) is 0 Å². The van der Waals surface area contributed by atoms with E-state index in [-0.39, 0.29) is 5.91 Å². The summed E-state index contributed by atoms with van der Waals surface area (Å²) in [5.41, 5.74) is 7.18. The molecular weight excluding hydrogens is 470 g/mol. The third kappa shape index (κ3) is 3.81. The Balaban J connectivity index is 2.38. The standard InChI is InChI=1S/C14H11BrClIN2O2/c1-21-12-6-8(18)5-10(15)13(12)19-14(20)9-4-7(17)2-3-11(9)16/h2-6H,18H2,1H3,(H,19,20). The minimum absolute atomic E-state index is 0.317. The van der Waals surface area contributed by atoms with Crippen LogP contribution in [-0.4, -0.2) is 13.0 Å². The fourth-order valence-electron chi connectivity index (χ4n) is 1.74. The Morgan fingerprint density at radius 2 is 2.10 bits per heavy atom. The van der Waals surface area contributed by atoms with Crippen LogP contribution >= 0.6 is 50.1 Å². The van der Waals surface area contributed by atoms with Crippen molar-refractivity contribution in [2.45, 2.75) is 0 Å². The number of carbonyl (C=O) groups is 1. The molecule has 3 N–H and O–H groups in total. The van der Waals surface area contributed by atoms with Crippen LogP contribution in [0.15, 0.2) is 34.8 Å². The van der Waals surface area contributed by atoms with Crippen LogP contribution < -0.4 is 15.8 Å². The molecule has 0 aliphatic carbocycles. The molecule has 0 aliphatic heterocycles. The molecule has 0 radical (unpaired) electrons. The van der Waals surface area contributed by atoms with Crippen molar-refractivity contribution in [3.8, 4) is 5.75 Å². The maximum Gasteiger partial charge on any atom is 0.257 e. The first-order valence-electron chi connectivity index (χ1n) is 5.81. The number of methoxy groups -OCH3 is 1. The third-order valence-electron chi connectivity index (χ3n) is 2.71. The number of carbonyl (C=O) groups excluding carboxylic acids is 1. The van der Waals surface area contributed by atoms with Gasteiger partial charge < -0.3 is 15.8 Å². The summed E-state index contributed by atoms with van der Waals surface area (Å²) < 4.78 is 6.79. The van der Waals surface area contributed by atoms with Gasteiger partial charge in [0, 0.05) is 19.8 Å². The molecule has 0 heterocycles. The van der Waals surface area contributed by atoms with Gasteiger partial charge in [-0.05, 0) is 62.8 Å². The monoisotopic (exact) mass is 480 g/mol. The molecule has 0 atom stereocenters. The molecule has 0 aliphatic rings. The number of amides is 1. The second-order valence-corrected chi connectivity index (χ2v) is 6.67. The van der Waals surface area contributed by atoms with Crippen molar-refractivity contribution in [1.29, 1.82) is 0 Å². The summed E-state index contributed by atoms with van der Waals surface area (Å²) >= 11 is 11.6. The lowest BCUT2D eigenvalue weighted by molar-refractivity contribution is 0.102. The fraction of sp³-hybridized carbons (Fsp3) is 0.0714. The Morgan fingerprint density at radius 1 is 1.38 bits per heavy atom. The van der Waals surface area contributed by atoms with Gasteiger partial charge in [0.05, 0.1) is 23.4 Å². The molecule has 0 bridgehead atoms. The Morgan fingerprint density at radius 3 is 2.76 bits per heavy atom. The molecule has 0 fully saturated rings. The molecule has 4 nitrogen and oxygen atoms in total. The van der Waals surface area contributed by atoms with Crippen molar-refractivity contribution < 1.29 is 9.53 Å². The number of nitrogens with two attached hydrogens (primary N) is 1. The highest BCUT2D eigenvalue weighted by molar-refractivity contribution is 14.1. The van der Waals surface area contributed by atoms with Gasteiger partial charge >= 0.3 is 0 Å². The van der Waals surface area contributed by atoms with Crippen molar-refractivity contribution in [2.75, 3.05) is 18.2 Å². The average molecular weight is 482 g/mol. The molecular formula is C14H11BrClIN2O2. The maximum atomic E-state index is 12.4. The minimum atomic E-state index is -0.317. The zero-order chi connectivity index (χ0) is 15.6. The van der Waals surface area contributed by atoms with Gasteiger partial charge in [-0.2, -0.15) is 0 Å². The second kappa shape index (κ2) is 6.85. The summed E-state index contributed by atoms with van der Waals surface area (Å²) in [6.07, 6.45) is 0. The van der Waals surface area contributed by atoms with Crippen LogP contribution in [0.2, 0.25) is 5.02 Å². The van der Waals surface area contributed by atoms with Crippen LogP contribution in [0.25, 0.3) is 0 Å². The largest absolute Gasteiger partial charge is 0.494 e.